The minimum Gasteiger partial charge on any atom is 1.00 e. The second-order valence-corrected chi connectivity index (χ2v) is 3.43. The standard InChI is InChI=1S/C4H4O6.Na.3H2O.Sb/c5-1(3(7)8)2(6)4(9)10;;;;;/h1-2H,(H,7,8)(H,9,10);;3*1H2;/q-2;+1;;;;+2/t1-,2+;;;;;. The number of carboxylic acid groups (broad SMARTS) is 2. The van der Waals surface area contributed by atoms with Gasteiger partial charge in [-0.05, 0) is 0 Å². The summed E-state index contributed by atoms with van der Waals surface area (Å²) in [6, 6.07) is 0. The summed E-state index contributed by atoms with van der Waals surface area (Å²) in [5.41, 5.74) is 0. The van der Waals surface area contributed by atoms with Crippen molar-refractivity contribution in [2.24, 2.45) is 0 Å². The SMILES string of the molecule is O.O.O.O=C(O)[C@H]1[O][Sb][O][C@H]1C(=O)O.[Na+]. The van der Waals surface area contributed by atoms with Crippen molar-refractivity contribution in [3.8, 4) is 0 Å². The first-order valence-electron chi connectivity index (χ1n) is 2.60. The Kier molecular flexibility index (Phi) is 18.2. The van der Waals surface area contributed by atoms with Gasteiger partial charge in [0.15, 0.2) is 0 Å². The monoisotopic (exact) mass is 346 g/mol. The molecule has 0 amide bonds. The quantitative estimate of drug-likeness (QED) is 0.467. The van der Waals surface area contributed by atoms with Gasteiger partial charge in [0.1, 0.15) is 0 Å². The fraction of sp³-hybridized carbons (Fsp3) is 0.500. The Balaban J connectivity index is -0.000000151. The first kappa shape index (κ1) is 24.7. The van der Waals surface area contributed by atoms with Crippen LogP contribution in [0.25, 0.3) is 0 Å². The Bertz CT molecular complexity index is 179. The van der Waals surface area contributed by atoms with E-state index in [1.807, 2.05) is 0 Å². The van der Waals surface area contributed by atoms with Crippen molar-refractivity contribution in [2.45, 2.75) is 12.2 Å². The Morgan fingerprint density at radius 1 is 0.933 bits per heavy atom. The molecule has 8 N–H and O–H groups in total. The van der Waals surface area contributed by atoms with Gasteiger partial charge in [-0.1, -0.05) is 0 Å². The molecule has 11 heteroatoms. The van der Waals surface area contributed by atoms with E-state index in [1.54, 1.807) is 0 Å². The maximum atomic E-state index is 10.3. The van der Waals surface area contributed by atoms with Crippen LogP contribution in [0.5, 0.6) is 0 Å². The predicted molar refractivity (Wildman–Crippen MR) is 41.6 cm³/mol. The van der Waals surface area contributed by atoms with E-state index >= 15 is 0 Å². The molecule has 0 aromatic heterocycles. The van der Waals surface area contributed by atoms with Crippen LogP contribution in [0.15, 0.2) is 0 Å². The van der Waals surface area contributed by atoms with Crippen molar-refractivity contribution in [1.29, 1.82) is 0 Å². The van der Waals surface area contributed by atoms with Crippen LogP contribution in [0.3, 0.4) is 0 Å². The molecule has 1 saturated heterocycles. The van der Waals surface area contributed by atoms with Gasteiger partial charge in [-0.25, -0.2) is 0 Å². The first-order chi connectivity index (χ1) is 5.13. The van der Waals surface area contributed by atoms with E-state index < -0.39 is 46.6 Å². The number of carbonyl (C=O) groups is 2. The first-order valence-corrected chi connectivity index (χ1v) is 4.69. The van der Waals surface area contributed by atoms with Crippen molar-refractivity contribution in [1.82, 2.24) is 0 Å². The molecule has 1 aliphatic heterocycles. The van der Waals surface area contributed by atoms with E-state index in [9.17, 15) is 9.59 Å². The number of rotatable bonds is 2. The molecule has 85 valence electrons. The van der Waals surface area contributed by atoms with Crippen LogP contribution >= 0.6 is 0 Å². The molecule has 1 rings (SSSR count). The Labute approximate surface area is 118 Å². The summed E-state index contributed by atoms with van der Waals surface area (Å²) in [5, 5.41) is 16.8. The number of carboxylic acids is 2. The number of aliphatic carboxylic acids is 2. The molecule has 1 aliphatic rings. The normalized spacial score (nSPS) is 22.1. The van der Waals surface area contributed by atoms with Crippen LogP contribution in [-0.2, 0) is 15.6 Å². The molecule has 1 fully saturated rings. The third-order valence-corrected chi connectivity index (χ3v) is 2.86. The third kappa shape index (κ3) is 6.67. The smallest absolute Gasteiger partial charge is 1.00 e. The zero-order chi connectivity index (χ0) is 8.43. The van der Waals surface area contributed by atoms with Crippen LogP contribution in [-0.4, -0.2) is 73.2 Å². The van der Waals surface area contributed by atoms with Crippen molar-refractivity contribution in [3.63, 3.8) is 0 Å². The Hall–Kier alpha value is 0.558. The van der Waals surface area contributed by atoms with Crippen LogP contribution < -0.4 is 29.6 Å². The summed E-state index contributed by atoms with van der Waals surface area (Å²) in [7, 11) is 0. The second kappa shape index (κ2) is 11.1. The molecule has 9 nitrogen and oxygen atoms in total. The average Bonchev–Trinajstić information content (AvgIpc) is 2.32. The third-order valence-electron chi connectivity index (χ3n) is 1.07. The van der Waals surface area contributed by atoms with Crippen molar-refractivity contribution in [3.05, 3.63) is 0 Å². The van der Waals surface area contributed by atoms with Gasteiger partial charge in [0, 0.05) is 0 Å². The molecule has 0 aliphatic carbocycles. The average molecular weight is 347 g/mol. The van der Waals surface area contributed by atoms with Gasteiger partial charge in [-0.2, -0.15) is 0 Å². The largest absolute Gasteiger partial charge is 1.00 e. The summed E-state index contributed by atoms with van der Waals surface area (Å²) in [4.78, 5) is 20.5. The molecule has 0 spiro atoms. The molecule has 0 saturated carbocycles. The maximum absolute atomic E-state index is 10.3. The van der Waals surface area contributed by atoms with Gasteiger partial charge in [-0.15, -0.1) is 0 Å². The fourth-order valence-corrected chi connectivity index (χ4v) is 2.39. The molecular weight excluding hydrogens is 337 g/mol. The van der Waals surface area contributed by atoms with E-state index in [-0.39, 0.29) is 46.0 Å². The van der Waals surface area contributed by atoms with E-state index in [0.29, 0.717) is 0 Å². The van der Waals surface area contributed by atoms with Crippen LogP contribution in [0.1, 0.15) is 0 Å². The molecule has 2 atom stereocenters. The molecule has 15 heavy (non-hydrogen) atoms. The van der Waals surface area contributed by atoms with Gasteiger partial charge >= 0.3 is 102 Å². The van der Waals surface area contributed by atoms with Gasteiger partial charge in [-0.3, -0.25) is 0 Å². The van der Waals surface area contributed by atoms with E-state index in [1.165, 1.54) is 0 Å². The maximum Gasteiger partial charge on any atom is 1.00 e. The molecule has 0 aromatic rings. The fourth-order valence-electron chi connectivity index (χ4n) is 0.577. The summed E-state index contributed by atoms with van der Waals surface area (Å²) in [5.74, 6) is -2.57. The minimum absolute atomic E-state index is 0. The van der Waals surface area contributed by atoms with E-state index in [2.05, 4.69) is 6.03 Å². The zero-order valence-corrected chi connectivity index (χ0v) is 12.2. The van der Waals surface area contributed by atoms with Crippen LogP contribution in [0.2, 0.25) is 0 Å². The van der Waals surface area contributed by atoms with Gasteiger partial charge in [0.25, 0.3) is 0 Å². The van der Waals surface area contributed by atoms with Crippen molar-refractivity contribution >= 4 is 34.4 Å². The predicted octanol–water partition coefficient (Wildman–Crippen LogP) is -7.00. The molecule has 0 unspecified atom stereocenters. The molecule has 0 bridgehead atoms. The van der Waals surface area contributed by atoms with Crippen molar-refractivity contribution in [2.75, 3.05) is 0 Å². The van der Waals surface area contributed by atoms with Gasteiger partial charge < -0.3 is 16.4 Å². The van der Waals surface area contributed by atoms with Gasteiger partial charge in [0.2, 0.25) is 0 Å². The number of hydrogen-bond acceptors (Lipinski definition) is 4. The van der Waals surface area contributed by atoms with Gasteiger partial charge in [0.05, 0.1) is 0 Å². The summed E-state index contributed by atoms with van der Waals surface area (Å²) in [6.45, 7) is 0. The summed E-state index contributed by atoms with van der Waals surface area (Å²) < 4.78 is 9.27. The Morgan fingerprint density at radius 2 is 1.20 bits per heavy atom. The summed E-state index contributed by atoms with van der Waals surface area (Å²) >= 11 is -1.49. The van der Waals surface area contributed by atoms with Crippen LogP contribution in [0.4, 0.5) is 0 Å². The molecule has 1 radical (unpaired) electrons. The van der Waals surface area contributed by atoms with E-state index in [0.717, 1.165) is 0 Å². The Morgan fingerprint density at radius 3 is 1.40 bits per heavy atom. The molecular formula is C4H10NaO9Sb+. The minimum atomic E-state index is -1.49. The second-order valence-electron chi connectivity index (χ2n) is 1.80. The molecule has 0 aromatic carbocycles. The topological polar surface area (TPSA) is 188 Å². The summed E-state index contributed by atoms with van der Waals surface area (Å²) in [6.07, 6.45) is -2.63. The van der Waals surface area contributed by atoms with E-state index in [4.69, 9.17) is 10.2 Å². The van der Waals surface area contributed by atoms with Crippen molar-refractivity contribution < 1.29 is 71.8 Å². The zero-order valence-electron chi connectivity index (χ0n) is 7.63. The van der Waals surface area contributed by atoms with Crippen LogP contribution in [0, 0.1) is 0 Å². The number of hydrogen-bond donors (Lipinski definition) is 2. The molecule has 1 heterocycles.